The minimum Gasteiger partial charge on any atom is -0.444 e. The number of carbonyl (C=O) groups is 2. The van der Waals surface area contributed by atoms with Gasteiger partial charge in [0.15, 0.2) is 5.78 Å². The van der Waals surface area contributed by atoms with Gasteiger partial charge in [-0.1, -0.05) is 0 Å². The minimum absolute atomic E-state index is 0.00154. The molecule has 2 aliphatic heterocycles. The highest BCUT2D eigenvalue weighted by atomic mass is 16.6. The van der Waals surface area contributed by atoms with Crippen LogP contribution in [0.2, 0.25) is 0 Å². The van der Waals surface area contributed by atoms with E-state index in [1.807, 2.05) is 46.0 Å². The number of hydrogen-bond donors (Lipinski definition) is 0. The van der Waals surface area contributed by atoms with E-state index in [9.17, 15) is 9.59 Å². The maximum absolute atomic E-state index is 12.4. The average Bonchev–Trinajstić information content (AvgIpc) is 2.59. The normalized spacial score (nSPS) is 27.9. The third-order valence-electron chi connectivity index (χ3n) is 3.61. The van der Waals surface area contributed by atoms with Crippen molar-refractivity contribution in [2.75, 3.05) is 14.1 Å². The molecule has 2 bridgehead atoms. The molecule has 0 aromatic carbocycles. The second kappa shape index (κ2) is 5.11. The molecule has 1 amide bonds. The molecule has 2 heterocycles. The Morgan fingerprint density at radius 2 is 2.00 bits per heavy atom. The number of nitrogens with zero attached hydrogens (tertiary/aromatic N) is 2. The molecule has 0 aliphatic carbocycles. The number of carbonyl (C=O) groups excluding carboxylic acids is 2. The minimum atomic E-state index is -0.511. The van der Waals surface area contributed by atoms with Gasteiger partial charge in [-0.15, -0.1) is 0 Å². The molecule has 2 unspecified atom stereocenters. The van der Waals surface area contributed by atoms with Gasteiger partial charge in [0, 0.05) is 38.3 Å². The number of piperidine rings is 1. The van der Waals surface area contributed by atoms with Crippen LogP contribution in [-0.4, -0.2) is 53.5 Å². The maximum atomic E-state index is 12.4. The van der Waals surface area contributed by atoms with Crippen LogP contribution in [0.3, 0.4) is 0 Å². The van der Waals surface area contributed by atoms with E-state index in [1.54, 1.807) is 4.90 Å². The summed E-state index contributed by atoms with van der Waals surface area (Å²) >= 11 is 0. The summed E-state index contributed by atoms with van der Waals surface area (Å²) in [6.07, 6.45) is 3.67. The lowest BCUT2D eigenvalue weighted by Crippen LogP contribution is -2.50. The van der Waals surface area contributed by atoms with Crippen LogP contribution in [-0.2, 0) is 9.53 Å². The van der Waals surface area contributed by atoms with E-state index in [-0.39, 0.29) is 24.0 Å². The highest BCUT2D eigenvalue weighted by Gasteiger charge is 2.47. The predicted octanol–water partition coefficient (Wildman–Crippen LogP) is 2.17. The summed E-state index contributed by atoms with van der Waals surface area (Å²) in [6, 6.07) is -0.125. The zero-order valence-corrected chi connectivity index (χ0v) is 13.0. The molecule has 5 nitrogen and oxygen atoms in total. The van der Waals surface area contributed by atoms with Crippen molar-refractivity contribution >= 4 is 11.9 Å². The number of ketones is 1. The summed E-state index contributed by atoms with van der Waals surface area (Å²) in [5.41, 5.74) is 0.221. The van der Waals surface area contributed by atoms with E-state index in [1.165, 1.54) is 0 Å². The van der Waals surface area contributed by atoms with Crippen LogP contribution in [0.4, 0.5) is 4.79 Å². The lowest BCUT2D eigenvalue weighted by atomic mass is 9.96. The third kappa shape index (κ3) is 2.97. The van der Waals surface area contributed by atoms with E-state index in [4.69, 9.17) is 4.74 Å². The van der Waals surface area contributed by atoms with Crippen LogP contribution in [0, 0.1) is 0 Å². The molecule has 2 atom stereocenters. The van der Waals surface area contributed by atoms with Crippen LogP contribution >= 0.6 is 0 Å². The van der Waals surface area contributed by atoms with Crippen LogP contribution in [0.1, 0.15) is 40.0 Å². The molecule has 2 rings (SSSR count). The molecule has 5 heteroatoms. The molecule has 112 valence electrons. The van der Waals surface area contributed by atoms with Crippen molar-refractivity contribution in [1.82, 2.24) is 9.80 Å². The van der Waals surface area contributed by atoms with Gasteiger partial charge in [0.05, 0.1) is 6.04 Å². The van der Waals surface area contributed by atoms with Crippen molar-refractivity contribution in [3.05, 3.63) is 11.8 Å². The Labute approximate surface area is 120 Å². The van der Waals surface area contributed by atoms with Crippen molar-refractivity contribution in [2.24, 2.45) is 0 Å². The van der Waals surface area contributed by atoms with Gasteiger partial charge in [-0.05, 0) is 33.6 Å². The van der Waals surface area contributed by atoms with Gasteiger partial charge in [0.1, 0.15) is 5.60 Å². The quantitative estimate of drug-likeness (QED) is 0.691. The van der Waals surface area contributed by atoms with Crippen molar-refractivity contribution in [2.45, 2.75) is 57.7 Å². The number of hydrogen-bond acceptors (Lipinski definition) is 4. The lowest BCUT2D eigenvalue weighted by Gasteiger charge is -2.37. The molecule has 0 spiro atoms. The summed E-state index contributed by atoms with van der Waals surface area (Å²) < 4.78 is 5.48. The molecule has 2 fully saturated rings. The number of ether oxygens (including phenoxy) is 1. The van der Waals surface area contributed by atoms with Crippen molar-refractivity contribution in [1.29, 1.82) is 0 Å². The van der Waals surface area contributed by atoms with E-state index in [0.29, 0.717) is 6.42 Å². The fraction of sp³-hybridized carbons (Fsp3) is 0.733. The Hall–Kier alpha value is -1.52. The average molecular weight is 280 g/mol. The summed E-state index contributed by atoms with van der Waals surface area (Å²) in [6.45, 7) is 5.58. The Balaban J connectivity index is 2.23. The van der Waals surface area contributed by atoms with Crippen molar-refractivity contribution < 1.29 is 14.3 Å². The van der Waals surface area contributed by atoms with Crippen LogP contribution in [0.25, 0.3) is 0 Å². The van der Waals surface area contributed by atoms with Crippen molar-refractivity contribution in [3.8, 4) is 0 Å². The Morgan fingerprint density at radius 1 is 1.35 bits per heavy atom. The second-order valence-electron chi connectivity index (χ2n) is 6.81. The first-order valence-electron chi connectivity index (χ1n) is 7.11. The monoisotopic (exact) mass is 280 g/mol. The Bertz CT molecular complexity index is 449. The fourth-order valence-electron chi connectivity index (χ4n) is 2.93. The summed E-state index contributed by atoms with van der Waals surface area (Å²) in [5.74, 6) is 0.158. The van der Waals surface area contributed by atoms with Crippen LogP contribution in [0.5, 0.6) is 0 Å². The molecule has 0 saturated carbocycles. The van der Waals surface area contributed by atoms with Gasteiger partial charge in [0.2, 0.25) is 0 Å². The summed E-state index contributed by atoms with van der Waals surface area (Å²) in [5, 5.41) is 0. The Kier molecular flexibility index (Phi) is 3.80. The van der Waals surface area contributed by atoms with Gasteiger partial charge in [-0.2, -0.15) is 0 Å². The van der Waals surface area contributed by atoms with Gasteiger partial charge < -0.3 is 9.64 Å². The predicted molar refractivity (Wildman–Crippen MR) is 76.3 cm³/mol. The second-order valence-corrected chi connectivity index (χ2v) is 6.81. The van der Waals surface area contributed by atoms with E-state index >= 15 is 0 Å². The zero-order valence-electron chi connectivity index (χ0n) is 13.0. The van der Waals surface area contributed by atoms with Crippen molar-refractivity contribution in [3.63, 3.8) is 0 Å². The topological polar surface area (TPSA) is 49.9 Å². The highest BCUT2D eigenvalue weighted by Crippen LogP contribution is 2.38. The lowest BCUT2D eigenvalue weighted by molar-refractivity contribution is -0.118. The largest absolute Gasteiger partial charge is 0.444 e. The number of rotatable bonds is 1. The van der Waals surface area contributed by atoms with Gasteiger partial charge in [0.25, 0.3) is 0 Å². The van der Waals surface area contributed by atoms with E-state index in [0.717, 1.165) is 18.4 Å². The third-order valence-corrected chi connectivity index (χ3v) is 3.61. The van der Waals surface area contributed by atoms with Gasteiger partial charge >= 0.3 is 6.09 Å². The van der Waals surface area contributed by atoms with Gasteiger partial charge in [-0.25, -0.2) is 4.79 Å². The molecule has 20 heavy (non-hydrogen) atoms. The zero-order chi connectivity index (χ0) is 15.1. The maximum Gasteiger partial charge on any atom is 0.411 e. The number of Topliss-reactive ketones (excluding diaryl/α,β-unsaturated/α-hetero) is 1. The summed E-state index contributed by atoms with van der Waals surface area (Å²) in [4.78, 5) is 28.2. The molecule has 0 aromatic heterocycles. The Morgan fingerprint density at radius 3 is 2.55 bits per heavy atom. The number of fused-ring (bicyclic) bond motifs is 2. The van der Waals surface area contributed by atoms with Crippen LogP contribution in [0.15, 0.2) is 11.8 Å². The SMILES string of the molecule is CN(C)/C=C1/C(=O)CC2CCC1N2C(=O)OC(C)(C)C. The number of amides is 1. The molecule has 0 radical (unpaired) electrons. The first-order chi connectivity index (χ1) is 9.19. The molecule has 2 saturated heterocycles. The molecule has 0 aromatic rings. The highest BCUT2D eigenvalue weighted by molar-refractivity contribution is 5.99. The van der Waals surface area contributed by atoms with E-state index in [2.05, 4.69) is 0 Å². The molecular weight excluding hydrogens is 256 g/mol. The standard InChI is InChI=1S/C15H24N2O3/c1-15(2,3)20-14(19)17-10-6-7-12(17)11(9-16(4)5)13(18)8-10/h9-10,12H,6-8H2,1-5H3/b11-9+. The smallest absolute Gasteiger partial charge is 0.411 e. The van der Waals surface area contributed by atoms with Crippen LogP contribution < -0.4 is 0 Å². The first kappa shape index (κ1) is 14.9. The summed E-state index contributed by atoms with van der Waals surface area (Å²) in [7, 11) is 3.78. The molecule has 0 N–H and O–H groups in total. The van der Waals surface area contributed by atoms with E-state index < -0.39 is 5.60 Å². The molecule has 2 aliphatic rings. The fourth-order valence-corrected chi connectivity index (χ4v) is 2.93. The molecular formula is C15H24N2O3. The van der Waals surface area contributed by atoms with Gasteiger partial charge in [-0.3, -0.25) is 9.69 Å². The first-order valence-corrected chi connectivity index (χ1v) is 7.11.